The van der Waals surface area contributed by atoms with Gasteiger partial charge in [-0.25, -0.2) is 4.98 Å². The van der Waals surface area contributed by atoms with Crippen LogP contribution in [0.2, 0.25) is 0 Å². The Morgan fingerprint density at radius 3 is 2.41 bits per heavy atom. The van der Waals surface area contributed by atoms with Gasteiger partial charge in [-0.2, -0.15) is 0 Å². The lowest BCUT2D eigenvalue weighted by molar-refractivity contribution is -0.176. The summed E-state index contributed by atoms with van der Waals surface area (Å²) < 4.78 is 11.2. The number of piperidine rings is 1. The molecule has 2 aliphatic heterocycles. The zero-order chi connectivity index (χ0) is 27.0. The summed E-state index contributed by atoms with van der Waals surface area (Å²) in [5, 5.41) is 4.11. The van der Waals surface area contributed by atoms with E-state index in [4.69, 9.17) is 19.0 Å². The number of ether oxygens (including phenoxy) is 1. The third kappa shape index (κ3) is 4.03. The van der Waals surface area contributed by atoms with E-state index in [9.17, 15) is 14.4 Å². The van der Waals surface area contributed by atoms with E-state index < -0.39 is 40.1 Å². The number of oxime groups is 1. The third-order valence-corrected chi connectivity index (χ3v) is 8.12. The van der Waals surface area contributed by atoms with Crippen LogP contribution >= 0.6 is 0 Å². The molecule has 3 aliphatic rings. The first kappa shape index (κ1) is 25.4. The summed E-state index contributed by atoms with van der Waals surface area (Å²) in [5.74, 6) is -1.81. The number of hydrogen-bond acceptors (Lipinski definition) is 8. The highest BCUT2D eigenvalue weighted by Crippen LogP contribution is 2.58. The van der Waals surface area contributed by atoms with Crippen molar-refractivity contribution in [2.24, 2.45) is 27.3 Å². The second kappa shape index (κ2) is 8.13. The summed E-state index contributed by atoms with van der Waals surface area (Å²) in [6.07, 6.45) is 0.587. The first-order valence-corrected chi connectivity index (χ1v) is 12.7. The average Bonchev–Trinajstić information content (AvgIpc) is 3.45. The molecule has 1 saturated carbocycles. The average molecular weight is 510 g/mol. The van der Waals surface area contributed by atoms with Crippen molar-refractivity contribution in [2.75, 3.05) is 13.7 Å². The normalized spacial score (nSPS) is 33.8. The lowest BCUT2D eigenvalue weighted by Crippen LogP contribution is -2.64. The number of imide groups is 1. The summed E-state index contributed by atoms with van der Waals surface area (Å²) in [6, 6.07) is 7.63. The molecule has 3 heterocycles. The van der Waals surface area contributed by atoms with Gasteiger partial charge in [-0.1, -0.05) is 58.8 Å². The molecule has 5 atom stereocenters. The van der Waals surface area contributed by atoms with Crippen molar-refractivity contribution < 1.29 is 28.4 Å². The van der Waals surface area contributed by atoms with E-state index in [0.29, 0.717) is 30.9 Å². The van der Waals surface area contributed by atoms with Crippen LogP contribution in [0.15, 0.2) is 33.8 Å². The zero-order valence-corrected chi connectivity index (χ0v) is 22.6. The Balaban J connectivity index is 1.45. The molecule has 5 rings (SSSR count). The second-order valence-electron chi connectivity index (χ2n) is 12.9. The van der Waals surface area contributed by atoms with E-state index in [-0.39, 0.29) is 17.9 Å². The predicted molar refractivity (Wildman–Crippen MR) is 135 cm³/mol. The minimum absolute atomic E-state index is 0.217. The number of carbonyl (C=O) groups excluding carboxylic acids is 3. The molecule has 2 amide bonds. The molecule has 0 N–H and O–H groups in total. The predicted octanol–water partition coefficient (Wildman–Crippen LogP) is 4.24. The zero-order valence-electron chi connectivity index (χ0n) is 22.6. The number of likely N-dealkylation sites (tertiary alicyclic amines) is 1. The van der Waals surface area contributed by atoms with Crippen LogP contribution in [0.5, 0.6) is 0 Å². The Kier molecular flexibility index (Phi) is 5.59. The molecular weight excluding hydrogens is 474 g/mol. The van der Waals surface area contributed by atoms with Gasteiger partial charge in [0.15, 0.2) is 5.58 Å². The van der Waals surface area contributed by atoms with E-state index in [2.05, 4.69) is 19.0 Å². The highest BCUT2D eigenvalue weighted by atomic mass is 16.7. The quantitative estimate of drug-likeness (QED) is 0.449. The number of esters is 1. The van der Waals surface area contributed by atoms with E-state index in [1.165, 1.54) is 12.0 Å². The number of oxazole rings is 1. The van der Waals surface area contributed by atoms with Gasteiger partial charge in [-0.05, 0) is 36.8 Å². The lowest BCUT2D eigenvalue weighted by Gasteiger charge is -2.56. The molecule has 1 aromatic carbocycles. The second-order valence-corrected chi connectivity index (χ2v) is 12.9. The number of carbonyl (C=O) groups is 3. The molecular formula is C28H35N3O6. The van der Waals surface area contributed by atoms with Crippen molar-refractivity contribution in [1.82, 2.24) is 9.88 Å². The highest BCUT2D eigenvalue weighted by molar-refractivity contribution is 6.12. The molecule has 2 bridgehead atoms. The molecule has 198 valence electrons. The standard InChI is InChI=1S/C28H35N3O6/c1-25(2,3)20-18(22(33)35-7)19(37-30-20)21(32)31-15-26(4)12-27(5,14-28(6,13-26)24(31)34)23-29-16-10-8-9-11-17(16)36-23/h8-11,18-19H,12-15H2,1-7H3/t18-,19+,26-,27+,28-/m1/s1. The fourth-order valence-electron chi connectivity index (χ4n) is 7.12. The van der Waals surface area contributed by atoms with Gasteiger partial charge in [-0.3, -0.25) is 19.3 Å². The summed E-state index contributed by atoms with van der Waals surface area (Å²) in [5.41, 5.74) is -0.252. The Hall–Kier alpha value is -3.23. The Bertz CT molecular complexity index is 1290. The SMILES string of the molecule is COC(=O)[C@H]1C(C(C)(C)C)=NO[C@@H]1C(=O)N1C[C@@]2(C)C[C@](C)(C[C@@](C)(c3nc4ccccc4o3)C2)C1=O. The number of benzene rings is 1. The number of aromatic nitrogens is 1. The minimum Gasteiger partial charge on any atom is -0.468 e. The van der Waals surface area contributed by atoms with E-state index in [1.807, 2.05) is 52.0 Å². The van der Waals surface area contributed by atoms with Crippen LogP contribution in [0.25, 0.3) is 11.1 Å². The van der Waals surface area contributed by atoms with Crippen molar-refractivity contribution in [3.63, 3.8) is 0 Å². The van der Waals surface area contributed by atoms with Gasteiger partial charge >= 0.3 is 5.97 Å². The highest BCUT2D eigenvalue weighted by Gasteiger charge is 2.62. The summed E-state index contributed by atoms with van der Waals surface area (Å²) in [6.45, 7) is 12.0. The van der Waals surface area contributed by atoms with Crippen LogP contribution in [0.1, 0.15) is 66.7 Å². The molecule has 1 saturated heterocycles. The monoisotopic (exact) mass is 509 g/mol. The topological polar surface area (TPSA) is 111 Å². The minimum atomic E-state index is -1.24. The molecule has 37 heavy (non-hydrogen) atoms. The Morgan fingerprint density at radius 1 is 1.08 bits per heavy atom. The van der Waals surface area contributed by atoms with E-state index >= 15 is 0 Å². The van der Waals surface area contributed by atoms with Gasteiger partial charge in [0.1, 0.15) is 11.4 Å². The summed E-state index contributed by atoms with van der Waals surface area (Å²) in [4.78, 5) is 52.1. The third-order valence-electron chi connectivity index (χ3n) is 8.12. The van der Waals surface area contributed by atoms with Crippen molar-refractivity contribution in [1.29, 1.82) is 0 Å². The molecule has 1 aliphatic carbocycles. The number of methoxy groups -OCH3 is 1. The number of fused-ring (bicyclic) bond motifs is 3. The van der Waals surface area contributed by atoms with Gasteiger partial charge in [0.2, 0.25) is 17.9 Å². The lowest BCUT2D eigenvalue weighted by atomic mass is 9.52. The number of amides is 2. The van der Waals surface area contributed by atoms with Gasteiger partial charge in [0.05, 0.1) is 12.8 Å². The Morgan fingerprint density at radius 2 is 1.76 bits per heavy atom. The summed E-state index contributed by atoms with van der Waals surface area (Å²) in [7, 11) is 1.27. The largest absolute Gasteiger partial charge is 0.468 e. The van der Waals surface area contributed by atoms with E-state index in [1.54, 1.807) is 0 Å². The maximum absolute atomic E-state index is 14.0. The molecule has 0 radical (unpaired) electrons. The van der Waals surface area contributed by atoms with Crippen LogP contribution in [-0.4, -0.2) is 53.1 Å². The van der Waals surface area contributed by atoms with Crippen LogP contribution in [0.4, 0.5) is 0 Å². The fraction of sp³-hybridized carbons (Fsp3) is 0.607. The van der Waals surface area contributed by atoms with Crippen molar-refractivity contribution in [3.05, 3.63) is 30.2 Å². The first-order chi connectivity index (χ1) is 17.2. The van der Waals surface area contributed by atoms with Crippen molar-refractivity contribution >= 4 is 34.6 Å². The van der Waals surface area contributed by atoms with Crippen LogP contribution in [0, 0.1) is 22.2 Å². The maximum Gasteiger partial charge on any atom is 0.319 e. The van der Waals surface area contributed by atoms with Crippen LogP contribution in [0.3, 0.4) is 0 Å². The van der Waals surface area contributed by atoms with Gasteiger partial charge in [0.25, 0.3) is 5.91 Å². The molecule has 1 aromatic heterocycles. The molecule has 2 fully saturated rings. The molecule has 0 unspecified atom stereocenters. The molecule has 9 nitrogen and oxygen atoms in total. The van der Waals surface area contributed by atoms with Gasteiger partial charge in [0, 0.05) is 22.8 Å². The van der Waals surface area contributed by atoms with Gasteiger partial charge < -0.3 is 14.0 Å². The van der Waals surface area contributed by atoms with Crippen molar-refractivity contribution in [2.45, 2.75) is 72.3 Å². The number of para-hydroxylation sites is 2. The number of nitrogens with zero attached hydrogens (tertiary/aromatic N) is 3. The van der Waals surface area contributed by atoms with E-state index in [0.717, 1.165) is 11.1 Å². The number of rotatable bonds is 3. The molecule has 0 spiro atoms. The molecule has 2 aromatic rings. The first-order valence-electron chi connectivity index (χ1n) is 12.7. The maximum atomic E-state index is 14.0. The smallest absolute Gasteiger partial charge is 0.319 e. The van der Waals surface area contributed by atoms with Crippen LogP contribution < -0.4 is 0 Å². The number of hydrogen-bond donors (Lipinski definition) is 0. The molecule has 9 heteroatoms. The fourth-order valence-corrected chi connectivity index (χ4v) is 7.12. The van der Waals surface area contributed by atoms with Gasteiger partial charge in [-0.15, -0.1) is 0 Å². The van der Waals surface area contributed by atoms with Crippen molar-refractivity contribution in [3.8, 4) is 0 Å². The summed E-state index contributed by atoms with van der Waals surface area (Å²) >= 11 is 0. The van der Waals surface area contributed by atoms with Crippen LogP contribution in [-0.2, 0) is 29.4 Å². The Labute approximate surface area is 216 Å².